The molecule has 11 heteroatoms. The molecule has 2 aromatic rings. The molecule has 0 aliphatic carbocycles. The zero-order valence-electron chi connectivity index (χ0n) is 19.2. The van der Waals surface area contributed by atoms with Crippen LogP contribution in [0.3, 0.4) is 0 Å². The molecule has 5 rings (SSSR count). The first-order chi connectivity index (χ1) is 16.6. The summed E-state index contributed by atoms with van der Waals surface area (Å²) in [4.78, 5) is 22.7. The lowest BCUT2D eigenvalue weighted by Gasteiger charge is -2.36. The Labute approximate surface area is 211 Å². The molecule has 1 aromatic carbocycles. The minimum atomic E-state index is -4.63. The number of benzene rings is 1. The lowest BCUT2D eigenvalue weighted by Crippen LogP contribution is -2.49. The molecule has 3 atom stereocenters. The molecule has 0 bridgehead atoms. The monoisotopic (exact) mass is 527 g/mol. The number of carbonyl (C=O) groups excluding carboxylic acids is 1. The number of rotatable bonds is 4. The molecule has 2 unspecified atom stereocenters. The van der Waals surface area contributed by atoms with E-state index in [0.29, 0.717) is 22.8 Å². The van der Waals surface area contributed by atoms with E-state index in [4.69, 9.17) is 23.2 Å². The third kappa shape index (κ3) is 4.70. The minimum Gasteiger partial charge on any atom is -0.338 e. The maximum absolute atomic E-state index is 14.0. The van der Waals surface area contributed by atoms with Crippen molar-refractivity contribution < 1.29 is 18.0 Å². The largest absolute Gasteiger partial charge is 0.435 e. The quantitative estimate of drug-likeness (QED) is 0.519. The van der Waals surface area contributed by atoms with Crippen LogP contribution < -0.4 is 0 Å². The molecular formula is C24H26Cl2F3N5O. The molecule has 3 aliphatic rings. The second-order valence-electron chi connectivity index (χ2n) is 9.51. The van der Waals surface area contributed by atoms with Crippen molar-refractivity contribution in [3.8, 4) is 0 Å². The number of halogens is 5. The van der Waals surface area contributed by atoms with E-state index in [2.05, 4.69) is 15.0 Å². The second kappa shape index (κ2) is 9.41. The highest BCUT2D eigenvalue weighted by atomic mass is 35.5. The Bertz CT molecular complexity index is 1160. The predicted molar refractivity (Wildman–Crippen MR) is 128 cm³/mol. The van der Waals surface area contributed by atoms with Crippen LogP contribution in [0.15, 0.2) is 29.3 Å². The summed E-state index contributed by atoms with van der Waals surface area (Å²) >= 11 is 12.4. The van der Waals surface area contributed by atoms with Crippen molar-refractivity contribution in [2.24, 2.45) is 10.9 Å². The highest BCUT2D eigenvalue weighted by Crippen LogP contribution is 2.42. The van der Waals surface area contributed by atoms with Crippen LogP contribution in [0.4, 0.5) is 19.0 Å². The maximum Gasteiger partial charge on any atom is 0.435 e. The SMILES string of the molecule is CC1=Nc2cc(C(F)(F)F)nn2C(c2ccc(Cl)c(Cl)c2)C1C(=O)N1CCC[C@H]1CN1CCCC1. The van der Waals surface area contributed by atoms with Crippen LogP contribution in [0, 0.1) is 5.92 Å². The van der Waals surface area contributed by atoms with E-state index >= 15 is 0 Å². The fourth-order valence-electron chi connectivity index (χ4n) is 5.53. The van der Waals surface area contributed by atoms with Gasteiger partial charge in [0.05, 0.1) is 16.1 Å². The highest BCUT2D eigenvalue weighted by molar-refractivity contribution is 6.42. The lowest BCUT2D eigenvalue weighted by atomic mass is 9.87. The molecule has 0 radical (unpaired) electrons. The van der Waals surface area contributed by atoms with E-state index in [9.17, 15) is 18.0 Å². The van der Waals surface area contributed by atoms with Crippen molar-refractivity contribution in [2.75, 3.05) is 26.2 Å². The average molecular weight is 528 g/mol. The van der Waals surface area contributed by atoms with Crippen LogP contribution in [-0.2, 0) is 11.0 Å². The van der Waals surface area contributed by atoms with Gasteiger partial charge >= 0.3 is 6.18 Å². The molecule has 0 N–H and O–H groups in total. The van der Waals surface area contributed by atoms with Crippen LogP contribution in [0.1, 0.15) is 49.9 Å². The Morgan fingerprint density at radius 1 is 1.09 bits per heavy atom. The van der Waals surface area contributed by atoms with E-state index in [1.807, 2.05) is 4.90 Å². The molecule has 3 aliphatic heterocycles. The average Bonchev–Trinajstić information content (AvgIpc) is 3.55. The van der Waals surface area contributed by atoms with Crippen molar-refractivity contribution in [2.45, 2.75) is 50.9 Å². The van der Waals surface area contributed by atoms with Gasteiger partial charge in [0.2, 0.25) is 5.91 Å². The van der Waals surface area contributed by atoms with Gasteiger partial charge in [0.25, 0.3) is 0 Å². The van der Waals surface area contributed by atoms with Gasteiger partial charge in [0, 0.05) is 30.9 Å². The van der Waals surface area contributed by atoms with Gasteiger partial charge in [0.1, 0.15) is 5.92 Å². The Hall–Kier alpha value is -2.10. The molecular weight excluding hydrogens is 502 g/mol. The zero-order valence-corrected chi connectivity index (χ0v) is 20.7. The third-order valence-corrected chi connectivity index (χ3v) is 7.94. The van der Waals surface area contributed by atoms with Gasteiger partial charge in [-0.1, -0.05) is 29.3 Å². The number of amides is 1. The van der Waals surface area contributed by atoms with Crippen molar-refractivity contribution in [3.05, 3.63) is 45.6 Å². The topological polar surface area (TPSA) is 53.7 Å². The summed E-state index contributed by atoms with van der Waals surface area (Å²) in [5.74, 6) is -0.886. The van der Waals surface area contributed by atoms with E-state index in [-0.39, 0.29) is 22.8 Å². The van der Waals surface area contributed by atoms with Crippen molar-refractivity contribution >= 4 is 40.6 Å². The molecule has 2 saturated heterocycles. The zero-order chi connectivity index (χ0) is 24.9. The van der Waals surface area contributed by atoms with Gasteiger partial charge in [-0.3, -0.25) is 4.79 Å². The van der Waals surface area contributed by atoms with Crippen LogP contribution in [0.25, 0.3) is 0 Å². The summed E-state index contributed by atoms with van der Waals surface area (Å²) < 4.78 is 41.8. The summed E-state index contributed by atoms with van der Waals surface area (Å²) in [5, 5.41) is 4.44. The molecule has 4 heterocycles. The maximum atomic E-state index is 14.0. The Balaban J connectivity index is 1.54. The molecule has 188 valence electrons. The van der Waals surface area contributed by atoms with Crippen LogP contribution in [-0.4, -0.2) is 63.4 Å². The molecule has 1 amide bonds. The predicted octanol–water partition coefficient (Wildman–Crippen LogP) is 5.61. The Morgan fingerprint density at radius 3 is 2.51 bits per heavy atom. The van der Waals surface area contributed by atoms with E-state index in [1.54, 1.807) is 25.1 Å². The van der Waals surface area contributed by atoms with Crippen LogP contribution >= 0.6 is 23.2 Å². The summed E-state index contributed by atoms with van der Waals surface area (Å²) in [5.41, 5.74) is -0.0327. The van der Waals surface area contributed by atoms with Gasteiger partial charge in [-0.15, -0.1) is 0 Å². The van der Waals surface area contributed by atoms with Crippen LogP contribution in [0.2, 0.25) is 10.0 Å². The van der Waals surface area contributed by atoms with Crippen LogP contribution in [0.5, 0.6) is 0 Å². The van der Waals surface area contributed by atoms with Crippen molar-refractivity contribution in [1.82, 2.24) is 19.6 Å². The molecule has 6 nitrogen and oxygen atoms in total. The number of likely N-dealkylation sites (tertiary alicyclic amines) is 2. The third-order valence-electron chi connectivity index (χ3n) is 7.21. The Kier molecular flexibility index (Phi) is 6.61. The Morgan fingerprint density at radius 2 is 1.83 bits per heavy atom. The van der Waals surface area contributed by atoms with E-state index in [1.165, 1.54) is 4.68 Å². The summed E-state index contributed by atoms with van der Waals surface area (Å²) in [6.07, 6.45) is -0.495. The summed E-state index contributed by atoms with van der Waals surface area (Å²) in [6, 6.07) is 5.03. The highest BCUT2D eigenvalue weighted by Gasteiger charge is 2.45. The fraction of sp³-hybridized carbons (Fsp3) is 0.542. The van der Waals surface area contributed by atoms with Gasteiger partial charge in [-0.2, -0.15) is 18.3 Å². The van der Waals surface area contributed by atoms with Crippen molar-refractivity contribution in [1.29, 1.82) is 0 Å². The summed E-state index contributed by atoms with van der Waals surface area (Å²) in [7, 11) is 0. The molecule has 35 heavy (non-hydrogen) atoms. The molecule has 1 aromatic heterocycles. The smallest absolute Gasteiger partial charge is 0.338 e. The standard InChI is InChI=1S/C24H26Cl2F3N5O/c1-14-21(23(35)33-10-4-5-16(33)13-32-8-2-3-9-32)22(15-6-7-17(25)18(26)11-15)34-20(30-14)12-19(31-34)24(27,28)29/h6-7,11-12,16,21-22H,2-5,8-10,13H2,1H3/t16-,21?,22?/m0/s1. The first-order valence-electron chi connectivity index (χ1n) is 11.8. The number of nitrogens with zero attached hydrogens (tertiary/aromatic N) is 5. The van der Waals surface area contributed by atoms with E-state index < -0.39 is 23.8 Å². The number of fused-ring (bicyclic) bond motifs is 1. The normalized spacial score (nSPS) is 25.1. The number of hydrogen-bond acceptors (Lipinski definition) is 4. The van der Waals surface area contributed by atoms with Gasteiger partial charge in [0.15, 0.2) is 11.5 Å². The first-order valence-corrected chi connectivity index (χ1v) is 12.6. The minimum absolute atomic E-state index is 0.0602. The number of hydrogen-bond donors (Lipinski definition) is 0. The van der Waals surface area contributed by atoms with Crippen molar-refractivity contribution in [3.63, 3.8) is 0 Å². The summed E-state index contributed by atoms with van der Waals surface area (Å²) in [6.45, 7) is 5.20. The number of aliphatic imine (C=N–C) groups is 1. The lowest BCUT2D eigenvalue weighted by molar-refractivity contribution is -0.141. The van der Waals surface area contributed by atoms with Gasteiger partial charge < -0.3 is 9.80 Å². The molecule has 2 fully saturated rings. The van der Waals surface area contributed by atoms with Gasteiger partial charge in [-0.25, -0.2) is 9.67 Å². The molecule has 0 spiro atoms. The fourth-order valence-corrected chi connectivity index (χ4v) is 5.84. The van der Waals surface area contributed by atoms with Gasteiger partial charge in [-0.05, 0) is 63.4 Å². The number of alkyl halides is 3. The van der Waals surface area contributed by atoms with E-state index in [0.717, 1.165) is 51.4 Å². The number of aromatic nitrogens is 2. The second-order valence-corrected chi connectivity index (χ2v) is 10.3. The first kappa shape index (κ1) is 24.6. The number of carbonyl (C=O) groups is 1. The molecule has 0 saturated carbocycles.